The summed E-state index contributed by atoms with van der Waals surface area (Å²) >= 11 is 0. The molecular formula is C17H15F3N2O3. The summed E-state index contributed by atoms with van der Waals surface area (Å²) in [6.45, 7) is 0.688. The second-order valence-electron chi connectivity index (χ2n) is 5.76. The second kappa shape index (κ2) is 6.27. The number of hydrogen-bond acceptors (Lipinski definition) is 4. The van der Waals surface area contributed by atoms with Crippen LogP contribution in [-0.4, -0.2) is 18.6 Å². The molecule has 0 fully saturated rings. The van der Waals surface area contributed by atoms with E-state index in [9.17, 15) is 23.3 Å². The van der Waals surface area contributed by atoms with Crippen molar-refractivity contribution < 1.29 is 22.8 Å². The van der Waals surface area contributed by atoms with Gasteiger partial charge in [-0.1, -0.05) is 6.07 Å². The van der Waals surface area contributed by atoms with E-state index in [0.29, 0.717) is 24.8 Å². The number of alkyl halides is 3. The van der Waals surface area contributed by atoms with E-state index in [0.717, 1.165) is 17.2 Å². The van der Waals surface area contributed by atoms with Gasteiger partial charge in [-0.2, -0.15) is 13.2 Å². The van der Waals surface area contributed by atoms with Gasteiger partial charge in [-0.25, -0.2) is 0 Å². The van der Waals surface area contributed by atoms with Gasteiger partial charge in [-0.05, 0) is 35.7 Å². The standard InChI is InChI=1S/C17H15F3N2O3/c1-25-14-4-2-11-6-7-21(10-12(11)8-14)16-5-3-13(22(23)24)9-15(16)17(18,19)20/h2-5,8-9H,6-7,10H2,1H3. The van der Waals surface area contributed by atoms with Gasteiger partial charge in [0.2, 0.25) is 0 Å². The maximum atomic E-state index is 13.4. The van der Waals surface area contributed by atoms with Crippen LogP contribution >= 0.6 is 0 Å². The van der Waals surface area contributed by atoms with Gasteiger partial charge in [0.25, 0.3) is 5.69 Å². The number of halogens is 3. The first-order valence-corrected chi connectivity index (χ1v) is 7.56. The number of nitrogens with zero attached hydrogens (tertiary/aromatic N) is 2. The van der Waals surface area contributed by atoms with Crippen LogP contribution in [0.5, 0.6) is 5.75 Å². The molecule has 25 heavy (non-hydrogen) atoms. The molecule has 5 nitrogen and oxygen atoms in total. The zero-order valence-corrected chi connectivity index (χ0v) is 13.3. The van der Waals surface area contributed by atoms with Gasteiger partial charge in [-0.15, -0.1) is 0 Å². The van der Waals surface area contributed by atoms with E-state index in [1.54, 1.807) is 11.0 Å². The van der Waals surface area contributed by atoms with Crippen molar-refractivity contribution in [3.63, 3.8) is 0 Å². The number of anilines is 1. The van der Waals surface area contributed by atoms with Gasteiger partial charge in [0, 0.05) is 30.9 Å². The maximum absolute atomic E-state index is 13.4. The Hall–Kier alpha value is -2.77. The molecular weight excluding hydrogens is 337 g/mol. The molecule has 132 valence electrons. The minimum Gasteiger partial charge on any atom is -0.497 e. The van der Waals surface area contributed by atoms with Crippen LogP contribution in [0.1, 0.15) is 16.7 Å². The van der Waals surface area contributed by atoms with Crippen LogP contribution in [0.2, 0.25) is 0 Å². The molecule has 1 aliphatic heterocycles. The zero-order chi connectivity index (χ0) is 18.2. The van der Waals surface area contributed by atoms with Crippen molar-refractivity contribution in [3.05, 3.63) is 63.2 Å². The summed E-state index contributed by atoms with van der Waals surface area (Å²) in [5, 5.41) is 10.8. The Morgan fingerprint density at radius 1 is 1.16 bits per heavy atom. The summed E-state index contributed by atoms with van der Waals surface area (Å²) in [5.41, 5.74) is 0.333. The first-order chi connectivity index (χ1) is 11.8. The number of nitro benzene ring substituents is 1. The molecule has 2 aromatic carbocycles. The van der Waals surface area contributed by atoms with Crippen molar-refractivity contribution in [1.29, 1.82) is 0 Å². The summed E-state index contributed by atoms with van der Waals surface area (Å²) in [4.78, 5) is 11.6. The summed E-state index contributed by atoms with van der Waals surface area (Å²) in [6.07, 6.45) is -4.08. The van der Waals surface area contributed by atoms with Crippen LogP contribution in [0.25, 0.3) is 0 Å². The van der Waals surface area contributed by atoms with Crippen molar-refractivity contribution in [2.24, 2.45) is 0 Å². The first kappa shape index (κ1) is 17.1. The average Bonchev–Trinajstić information content (AvgIpc) is 2.59. The number of non-ortho nitro benzene ring substituents is 1. The number of methoxy groups -OCH3 is 1. The fourth-order valence-corrected chi connectivity index (χ4v) is 3.01. The molecule has 3 rings (SSSR count). The summed E-state index contributed by atoms with van der Waals surface area (Å²) < 4.78 is 45.3. The third kappa shape index (κ3) is 3.38. The van der Waals surface area contributed by atoms with Gasteiger partial charge >= 0.3 is 6.18 Å². The zero-order valence-electron chi connectivity index (χ0n) is 13.3. The summed E-state index contributed by atoms with van der Waals surface area (Å²) in [6, 6.07) is 8.40. The average molecular weight is 352 g/mol. The minimum absolute atomic E-state index is 0.0495. The molecule has 0 atom stereocenters. The molecule has 0 bridgehead atoms. The molecule has 0 saturated carbocycles. The molecule has 1 aliphatic rings. The lowest BCUT2D eigenvalue weighted by atomic mass is 9.98. The Morgan fingerprint density at radius 2 is 1.92 bits per heavy atom. The number of hydrogen-bond donors (Lipinski definition) is 0. The molecule has 0 unspecified atom stereocenters. The number of nitro groups is 1. The highest BCUT2D eigenvalue weighted by Crippen LogP contribution is 2.40. The highest BCUT2D eigenvalue weighted by molar-refractivity contribution is 5.60. The fraction of sp³-hybridized carbons (Fsp3) is 0.294. The van der Waals surface area contributed by atoms with Crippen LogP contribution in [0.15, 0.2) is 36.4 Å². The quantitative estimate of drug-likeness (QED) is 0.614. The highest BCUT2D eigenvalue weighted by atomic mass is 19.4. The second-order valence-corrected chi connectivity index (χ2v) is 5.76. The number of ether oxygens (including phenoxy) is 1. The lowest BCUT2D eigenvalue weighted by molar-refractivity contribution is -0.385. The van der Waals surface area contributed by atoms with Crippen molar-refractivity contribution >= 4 is 11.4 Å². The molecule has 0 N–H and O–H groups in total. The Labute approximate surface area is 141 Å². The van der Waals surface area contributed by atoms with E-state index in [-0.39, 0.29) is 12.2 Å². The minimum atomic E-state index is -4.67. The van der Waals surface area contributed by atoms with Crippen LogP contribution in [0, 0.1) is 10.1 Å². The van der Waals surface area contributed by atoms with Crippen LogP contribution in [-0.2, 0) is 19.1 Å². The summed E-state index contributed by atoms with van der Waals surface area (Å²) in [7, 11) is 1.53. The van der Waals surface area contributed by atoms with Crippen LogP contribution in [0.4, 0.5) is 24.5 Å². The molecule has 0 radical (unpaired) electrons. The van der Waals surface area contributed by atoms with E-state index < -0.39 is 22.4 Å². The van der Waals surface area contributed by atoms with E-state index in [1.807, 2.05) is 12.1 Å². The third-order valence-electron chi connectivity index (χ3n) is 4.26. The van der Waals surface area contributed by atoms with Crippen LogP contribution in [0.3, 0.4) is 0 Å². The van der Waals surface area contributed by atoms with Gasteiger partial charge in [0.1, 0.15) is 5.75 Å². The maximum Gasteiger partial charge on any atom is 0.418 e. The molecule has 0 saturated heterocycles. The largest absolute Gasteiger partial charge is 0.497 e. The Kier molecular flexibility index (Phi) is 4.28. The van der Waals surface area contributed by atoms with Crippen molar-refractivity contribution in [3.8, 4) is 5.75 Å². The van der Waals surface area contributed by atoms with Crippen molar-refractivity contribution in [1.82, 2.24) is 0 Å². The molecule has 2 aromatic rings. The third-order valence-corrected chi connectivity index (χ3v) is 4.26. The van der Waals surface area contributed by atoms with Gasteiger partial charge < -0.3 is 9.64 Å². The van der Waals surface area contributed by atoms with Crippen molar-refractivity contribution in [2.75, 3.05) is 18.6 Å². The smallest absolute Gasteiger partial charge is 0.418 e. The SMILES string of the molecule is COc1ccc2c(c1)CN(c1ccc([N+](=O)[O-])cc1C(F)(F)F)CC2. The Balaban J connectivity index is 2.00. The lowest BCUT2D eigenvalue weighted by Crippen LogP contribution is -2.32. The monoisotopic (exact) mass is 352 g/mol. The Morgan fingerprint density at radius 3 is 2.56 bits per heavy atom. The van der Waals surface area contributed by atoms with E-state index >= 15 is 0 Å². The topological polar surface area (TPSA) is 55.6 Å². The van der Waals surface area contributed by atoms with E-state index in [4.69, 9.17) is 4.74 Å². The van der Waals surface area contributed by atoms with E-state index in [1.165, 1.54) is 13.2 Å². The molecule has 1 heterocycles. The first-order valence-electron chi connectivity index (χ1n) is 7.56. The predicted molar refractivity (Wildman–Crippen MR) is 85.8 cm³/mol. The van der Waals surface area contributed by atoms with Crippen molar-refractivity contribution in [2.45, 2.75) is 19.1 Å². The molecule has 0 aliphatic carbocycles. The normalized spacial score (nSPS) is 14.2. The molecule has 0 aromatic heterocycles. The number of fused-ring (bicyclic) bond motifs is 1. The number of rotatable bonds is 3. The summed E-state index contributed by atoms with van der Waals surface area (Å²) in [5.74, 6) is 0.639. The van der Waals surface area contributed by atoms with Gasteiger partial charge in [-0.3, -0.25) is 10.1 Å². The van der Waals surface area contributed by atoms with Crippen LogP contribution < -0.4 is 9.64 Å². The Bertz CT molecular complexity index is 821. The van der Waals surface area contributed by atoms with E-state index in [2.05, 4.69) is 0 Å². The molecule has 0 spiro atoms. The van der Waals surface area contributed by atoms with Gasteiger partial charge in [0.15, 0.2) is 0 Å². The fourth-order valence-electron chi connectivity index (χ4n) is 3.01. The molecule has 0 amide bonds. The molecule has 8 heteroatoms. The van der Waals surface area contributed by atoms with Gasteiger partial charge in [0.05, 0.1) is 17.6 Å². The lowest BCUT2D eigenvalue weighted by Gasteiger charge is -2.32. The predicted octanol–water partition coefficient (Wildman–Crippen LogP) is 4.18. The number of benzene rings is 2. The highest BCUT2D eigenvalue weighted by Gasteiger charge is 2.37.